The third-order valence-electron chi connectivity index (χ3n) is 6.84. The Bertz CT molecular complexity index is 1650. The summed E-state index contributed by atoms with van der Waals surface area (Å²) < 4.78 is 18.6. The van der Waals surface area contributed by atoms with E-state index in [0.29, 0.717) is 16.9 Å². The van der Waals surface area contributed by atoms with Crippen molar-refractivity contribution in [3.8, 4) is 5.75 Å². The number of hydrogen-bond acceptors (Lipinski definition) is 7. The van der Waals surface area contributed by atoms with E-state index in [-0.39, 0.29) is 19.4 Å². The summed E-state index contributed by atoms with van der Waals surface area (Å²) >= 11 is 1.78. The van der Waals surface area contributed by atoms with E-state index in [2.05, 4.69) is 64.8 Å². The van der Waals surface area contributed by atoms with Crippen molar-refractivity contribution in [2.45, 2.75) is 38.8 Å². The van der Waals surface area contributed by atoms with Gasteiger partial charge < -0.3 is 31.1 Å². The third-order valence-corrected chi connectivity index (χ3v) is 7.65. The van der Waals surface area contributed by atoms with Crippen molar-refractivity contribution in [2.75, 3.05) is 19.7 Å². The minimum atomic E-state index is -1.26. The van der Waals surface area contributed by atoms with Gasteiger partial charge in [0.1, 0.15) is 23.7 Å². The zero-order valence-corrected chi connectivity index (χ0v) is 27.9. The topological polar surface area (TPSA) is 163 Å². The van der Waals surface area contributed by atoms with Crippen molar-refractivity contribution in [1.82, 2.24) is 21.3 Å². The molecule has 1 aromatic heterocycles. The maximum Gasteiger partial charge on any atom is 0.326 e. The van der Waals surface area contributed by atoms with Gasteiger partial charge in [0.15, 0.2) is 6.61 Å². The molecule has 4 amide bonds. The van der Waals surface area contributed by atoms with Crippen molar-refractivity contribution in [3.05, 3.63) is 124 Å². The number of rotatable bonds is 3. The Hall–Kier alpha value is -5.56. The van der Waals surface area contributed by atoms with Gasteiger partial charge >= 0.3 is 5.97 Å². The molecule has 0 unspecified atom stereocenters. The molecule has 0 radical (unpaired) electrons. The predicted molar refractivity (Wildman–Crippen MR) is 183 cm³/mol. The molecule has 0 fully saturated rings. The molecule has 11 nitrogen and oxygen atoms in total. The monoisotopic (exact) mass is 690 g/mol. The number of nitrogens with one attached hydrogen (secondary N) is 4. The van der Waals surface area contributed by atoms with Gasteiger partial charge in [0.25, 0.3) is 5.91 Å². The van der Waals surface area contributed by atoms with Crippen LogP contribution in [0, 0.1) is 19.7 Å². The Balaban J connectivity index is 0.000000412. The van der Waals surface area contributed by atoms with Crippen LogP contribution in [0.25, 0.3) is 0 Å². The Morgan fingerprint density at radius 3 is 2.02 bits per heavy atom. The lowest BCUT2D eigenvalue weighted by Gasteiger charge is -2.19. The number of fused-ring (bicyclic) bond motifs is 16. The first-order chi connectivity index (χ1) is 23.5. The van der Waals surface area contributed by atoms with Crippen molar-refractivity contribution in [2.24, 2.45) is 0 Å². The van der Waals surface area contributed by atoms with Crippen LogP contribution >= 0.6 is 11.3 Å². The van der Waals surface area contributed by atoms with E-state index in [1.54, 1.807) is 35.6 Å². The van der Waals surface area contributed by atoms with Crippen molar-refractivity contribution in [3.63, 3.8) is 0 Å². The third kappa shape index (κ3) is 14.8. The van der Waals surface area contributed by atoms with Crippen LogP contribution in [0.2, 0.25) is 0 Å². The van der Waals surface area contributed by atoms with E-state index < -0.39 is 60.6 Å². The van der Waals surface area contributed by atoms with Gasteiger partial charge in [-0.1, -0.05) is 66.2 Å². The molecule has 13 heteroatoms. The first-order valence-electron chi connectivity index (χ1n) is 15.3. The SMILES string of the molecule is Cc1ccccc1.Cc1cccs1.O=C1COc2ccc(cc2)C[C@@H](C(=O)O)NC(=O)CNC(=O)[C@@H](Cc2ccc(F)cc2)NC(=O)CN1. The predicted octanol–water partition coefficient (Wildman–Crippen LogP) is 3.34. The minimum absolute atomic E-state index is 0.0255. The van der Waals surface area contributed by atoms with E-state index >= 15 is 0 Å². The number of thiophene rings is 1. The van der Waals surface area contributed by atoms with Gasteiger partial charge in [0, 0.05) is 17.7 Å². The van der Waals surface area contributed by atoms with Crippen LogP contribution in [0.4, 0.5) is 4.39 Å². The molecule has 2 bridgehead atoms. The number of aliphatic carboxylic acids is 1. The molecule has 49 heavy (non-hydrogen) atoms. The maximum atomic E-state index is 13.2. The molecule has 2 aliphatic heterocycles. The summed E-state index contributed by atoms with van der Waals surface area (Å²) in [6, 6.07) is 23.6. The number of aryl methyl sites for hydroxylation is 2. The molecule has 0 spiro atoms. The zero-order valence-electron chi connectivity index (χ0n) is 27.1. The zero-order chi connectivity index (χ0) is 35.6. The maximum absolute atomic E-state index is 13.2. The first-order valence-corrected chi connectivity index (χ1v) is 16.2. The van der Waals surface area contributed by atoms with Crippen molar-refractivity contribution < 1.29 is 38.2 Å². The molecule has 258 valence electrons. The molecular weight excluding hydrogens is 651 g/mol. The molecule has 2 aliphatic rings. The summed E-state index contributed by atoms with van der Waals surface area (Å²) in [5.74, 6) is -4.11. The van der Waals surface area contributed by atoms with Crippen molar-refractivity contribution >= 4 is 40.9 Å². The van der Waals surface area contributed by atoms with Crippen LogP contribution < -0.4 is 26.0 Å². The fourth-order valence-corrected chi connectivity index (χ4v) is 4.81. The summed E-state index contributed by atoms with van der Waals surface area (Å²) in [6.07, 6.45) is -0.0543. The molecule has 6 rings (SSSR count). The molecule has 4 aromatic rings. The normalized spacial score (nSPS) is 17.0. The van der Waals surface area contributed by atoms with Crippen LogP contribution in [0.3, 0.4) is 0 Å². The average Bonchev–Trinajstić information content (AvgIpc) is 3.57. The highest BCUT2D eigenvalue weighted by molar-refractivity contribution is 7.09. The number of amides is 4. The van der Waals surface area contributed by atoms with E-state index in [1.807, 2.05) is 18.2 Å². The van der Waals surface area contributed by atoms with Gasteiger partial charge in [-0.15, -0.1) is 11.3 Å². The molecule has 0 aliphatic carbocycles. The lowest BCUT2D eigenvalue weighted by Crippen LogP contribution is -2.53. The smallest absolute Gasteiger partial charge is 0.326 e. The lowest BCUT2D eigenvalue weighted by molar-refractivity contribution is -0.141. The van der Waals surface area contributed by atoms with Crippen molar-refractivity contribution in [1.29, 1.82) is 0 Å². The van der Waals surface area contributed by atoms with Gasteiger partial charge in [-0.3, -0.25) is 19.2 Å². The Labute approximate surface area is 287 Å². The fraction of sp³-hybridized carbons (Fsp3) is 0.250. The summed E-state index contributed by atoms with van der Waals surface area (Å²) in [5, 5.41) is 21.2. The molecule has 2 atom stereocenters. The fourth-order valence-electron chi connectivity index (χ4n) is 4.28. The van der Waals surface area contributed by atoms with Crippen LogP contribution in [-0.2, 0) is 36.8 Å². The molecule has 3 heterocycles. The number of halogens is 1. The summed E-state index contributed by atoms with van der Waals surface area (Å²) in [4.78, 5) is 62.6. The molecular formula is C36H39FN4O7S. The number of carbonyl (C=O) groups is 5. The highest BCUT2D eigenvalue weighted by atomic mass is 32.1. The largest absolute Gasteiger partial charge is 0.484 e. The van der Waals surface area contributed by atoms with Gasteiger partial charge in [-0.05, 0) is 60.7 Å². The molecule has 3 aromatic carbocycles. The number of carboxylic acids is 1. The van der Waals surface area contributed by atoms with E-state index in [1.165, 1.54) is 34.7 Å². The lowest BCUT2D eigenvalue weighted by atomic mass is 10.0. The van der Waals surface area contributed by atoms with Gasteiger partial charge in [-0.2, -0.15) is 0 Å². The first kappa shape index (κ1) is 37.9. The van der Waals surface area contributed by atoms with E-state index in [4.69, 9.17) is 4.74 Å². The second-order valence-corrected chi connectivity index (χ2v) is 12.1. The standard InChI is InChI=1S/C24H25FN4O7.C7H8.C5H6S/c25-16-5-1-14(2-6-16)9-18-23(33)27-12-21(31)29-19(24(34)35)10-15-3-7-17(8-4-15)36-13-22(32)26-11-20(30)28-18;1-7-5-3-2-4-6-7;1-5-3-2-4-6-5/h1-8,18-19H,9-13H2,(H,26,32)(H,27,33)(H,28,30)(H,29,31)(H,34,35);2-6H,1H3;2-4H,1H3/t18-,19+;;/m1../s1. The van der Waals surface area contributed by atoms with Gasteiger partial charge in [0.2, 0.25) is 17.7 Å². The summed E-state index contributed by atoms with van der Waals surface area (Å²) in [6.45, 7) is 2.83. The minimum Gasteiger partial charge on any atom is -0.484 e. The number of carboxylic acid groups (broad SMARTS) is 1. The molecule has 0 saturated carbocycles. The number of carbonyl (C=O) groups excluding carboxylic acids is 4. The van der Waals surface area contributed by atoms with Crippen LogP contribution in [0.1, 0.15) is 21.6 Å². The summed E-state index contributed by atoms with van der Waals surface area (Å²) in [5.41, 5.74) is 2.45. The van der Waals surface area contributed by atoms with Gasteiger partial charge in [-0.25, -0.2) is 9.18 Å². The highest BCUT2D eigenvalue weighted by Crippen LogP contribution is 2.14. The summed E-state index contributed by atoms with van der Waals surface area (Å²) in [7, 11) is 0. The van der Waals surface area contributed by atoms with E-state index in [0.717, 1.165) is 0 Å². The second-order valence-electron chi connectivity index (χ2n) is 10.9. The average molecular weight is 691 g/mol. The number of ether oxygens (including phenoxy) is 1. The molecule has 5 N–H and O–H groups in total. The quantitative estimate of drug-likeness (QED) is 0.206. The number of benzene rings is 3. The highest BCUT2D eigenvalue weighted by Gasteiger charge is 2.24. The second kappa shape index (κ2) is 20.0. The Morgan fingerprint density at radius 1 is 0.816 bits per heavy atom. The Morgan fingerprint density at radius 2 is 1.47 bits per heavy atom. The van der Waals surface area contributed by atoms with Gasteiger partial charge in [0.05, 0.1) is 13.1 Å². The van der Waals surface area contributed by atoms with Crippen LogP contribution in [-0.4, -0.2) is 66.5 Å². The molecule has 0 saturated heterocycles. The Kier molecular flexibility index (Phi) is 15.4. The number of hydrogen-bond donors (Lipinski definition) is 5. The van der Waals surface area contributed by atoms with Crippen LogP contribution in [0.15, 0.2) is 96.4 Å². The van der Waals surface area contributed by atoms with E-state index in [9.17, 15) is 33.5 Å². The van der Waals surface area contributed by atoms with Crippen LogP contribution in [0.5, 0.6) is 5.75 Å².